The summed E-state index contributed by atoms with van der Waals surface area (Å²) in [5.41, 5.74) is 3.59. The van der Waals surface area contributed by atoms with E-state index < -0.39 is 0 Å². The van der Waals surface area contributed by atoms with Crippen molar-refractivity contribution in [3.63, 3.8) is 0 Å². The Morgan fingerprint density at radius 1 is 1.04 bits per heavy atom. The summed E-state index contributed by atoms with van der Waals surface area (Å²) in [6, 6.07) is 15.8. The number of rotatable bonds is 2. The van der Waals surface area contributed by atoms with Gasteiger partial charge < -0.3 is 15.2 Å². The molecule has 2 aromatic carbocycles. The Balaban J connectivity index is 1.62. The van der Waals surface area contributed by atoms with Gasteiger partial charge in [-0.05, 0) is 35.6 Å². The summed E-state index contributed by atoms with van der Waals surface area (Å²) in [6.07, 6.45) is 0. The molecular formula is C21H20ClN3O. The predicted molar refractivity (Wildman–Crippen MR) is 104 cm³/mol. The van der Waals surface area contributed by atoms with Crippen LogP contribution in [0.2, 0.25) is 5.02 Å². The SMILES string of the molecule is O=C(c1[nH]c2ccc(Cl)cc2c1-c1ccccc1)N1C[C@H]2CNC[C@H]2C1. The molecule has 3 aromatic rings. The number of carbonyl (C=O) groups is 1. The van der Waals surface area contributed by atoms with Gasteiger partial charge in [0.1, 0.15) is 5.69 Å². The molecule has 0 unspecified atom stereocenters. The van der Waals surface area contributed by atoms with Gasteiger partial charge in [0.05, 0.1) is 0 Å². The van der Waals surface area contributed by atoms with Crippen LogP contribution in [-0.2, 0) is 0 Å². The second kappa shape index (κ2) is 6.15. The Morgan fingerprint density at radius 2 is 1.77 bits per heavy atom. The summed E-state index contributed by atoms with van der Waals surface area (Å²) in [4.78, 5) is 18.7. The zero-order valence-electron chi connectivity index (χ0n) is 14.3. The quantitative estimate of drug-likeness (QED) is 0.726. The second-order valence-electron chi connectivity index (χ2n) is 7.32. The summed E-state index contributed by atoms with van der Waals surface area (Å²) in [5, 5.41) is 5.10. The molecule has 5 heteroatoms. The molecule has 132 valence electrons. The zero-order valence-corrected chi connectivity index (χ0v) is 15.1. The molecule has 2 atom stereocenters. The maximum atomic E-state index is 13.4. The lowest BCUT2D eigenvalue weighted by Crippen LogP contribution is -2.32. The molecule has 2 aliphatic heterocycles. The second-order valence-corrected chi connectivity index (χ2v) is 7.76. The third-order valence-corrected chi connectivity index (χ3v) is 5.95. The summed E-state index contributed by atoms with van der Waals surface area (Å²) in [6.45, 7) is 3.70. The third-order valence-electron chi connectivity index (χ3n) is 5.71. The number of hydrogen-bond acceptors (Lipinski definition) is 2. The van der Waals surface area contributed by atoms with Gasteiger partial charge >= 0.3 is 0 Å². The van der Waals surface area contributed by atoms with Crippen LogP contribution in [0.15, 0.2) is 48.5 Å². The number of likely N-dealkylation sites (tertiary alicyclic amines) is 1. The highest BCUT2D eigenvalue weighted by atomic mass is 35.5. The first-order chi connectivity index (χ1) is 12.7. The predicted octanol–water partition coefficient (Wildman–Crippen LogP) is 3.78. The maximum absolute atomic E-state index is 13.4. The molecule has 26 heavy (non-hydrogen) atoms. The van der Waals surface area contributed by atoms with Crippen molar-refractivity contribution >= 4 is 28.4 Å². The molecule has 0 radical (unpaired) electrons. The van der Waals surface area contributed by atoms with Crippen molar-refractivity contribution in [2.45, 2.75) is 0 Å². The number of nitrogens with zero attached hydrogens (tertiary/aromatic N) is 1. The molecule has 0 aliphatic carbocycles. The first kappa shape index (κ1) is 15.9. The lowest BCUT2D eigenvalue weighted by atomic mass is 10.0. The van der Waals surface area contributed by atoms with Crippen molar-refractivity contribution in [1.29, 1.82) is 0 Å². The van der Waals surface area contributed by atoms with Crippen LogP contribution in [-0.4, -0.2) is 42.0 Å². The largest absolute Gasteiger partial charge is 0.350 e. The van der Waals surface area contributed by atoms with Crippen LogP contribution in [0.1, 0.15) is 10.5 Å². The number of fused-ring (bicyclic) bond motifs is 2. The van der Waals surface area contributed by atoms with Gasteiger partial charge in [-0.3, -0.25) is 4.79 Å². The molecule has 1 amide bonds. The molecule has 2 fully saturated rings. The van der Waals surface area contributed by atoms with Gasteiger partial charge in [0.25, 0.3) is 5.91 Å². The van der Waals surface area contributed by atoms with Crippen molar-refractivity contribution in [2.24, 2.45) is 11.8 Å². The number of amides is 1. The van der Waals surface area contributed by atoms with Gasteiger partial charge in [-0.2, -0.15) is 0 Å². The average Bonchev–Trinajstić information content (AvgIpc) is 3.34. The maximum Gasteiger partial charge on any atom is 0.270 e. The van der Waals surface area contributed by atoms with Gasteiger partial charge in [0.2, 0.25) is 0 Å². The number of halogens is 1. The number of carbonyl (C=O) groups excluding carboxylic acids is 1. The first-order valence-corrected chi connectivity index (χ1v) is 9.45. The molecular weight excluding hydrogens is 346 g/mol. The molecule has 0 spiro atoms. The Labute approximate surface area is 157 Å². The van der Waals surface area contributed by atoms with E-state index in [1.54, 1.807) is 0 Å². The van der Waals surface area contributed by atoms with Crippen molar-refractivity contribution in [3.05, 3.63) is 59.2 Å². The van der Waals surface area contributed by atoms with Crippen LogP contribution in [0.5, 0.6) is 0 Å². The van der Waals surface area contributed by atoms with E-state index in [1.165, 1.54) is 0 Å². The number of hydrogen-bond donors (Lipinski definition) is 2. The van der Waals surface area contributed by atoms with Gasteiger partial charge in [-0.15, -0.1) is 0 Å². The van der Waals surface area contributed by atoms with Crippen molar-refractivity contribution in [1.82, 2.24) is 15.2 Å². The number of benzene rings is 2. The lowest BCUT2D eigenvalue weighted by molar-refractivity contribution is 0.0777. The van der Waals surface area contributed by atoms with E-state index in [9.17, 15) is 4.79 Å². The molecule has 3 heterocycles. The molecule has 2 saturated heterocycles. The summed E-state index contributed by atoms with van der Waals surface area (Å²) in [7, 11) is 0. The molecule has 0 saturated carbocycles. The van der Waals surface area contributed by atoms with Crippen LogP contribution >= 0.6 is 11.6 Å². The minimum atomic E-state index is 0.0885. The van der Waals surface area contributed by atoms with Gasteiger partial charge in [-0.1, -0.05) is 41.9 Å². The highest BCUT2D eigenvalue weighted by Gasteiger charge is 2.39. The van der Waals surface area contributed by atoms with E-state index in [0.717, 1.165) is 48.2 Å². The lowest BCUT2D eigenvalue weighted by Gasteiger charge is -2.18. The first-order valence-electron chi connectivity index (χ1n) is 9.07. The molecule has 5 rings (SSSR count). The molecule has 0 bridgehead atoms. The normalized spacial score (nSPS) is 22.1. The molecule has 1 aromatic heterocycles. The fourth-order valence-corrected chi connectivity index (χ4v) is 4.58. The Hall–Kier alpha value is -2.30. The monoisotopic (exact) mass is 365 g/mol. The van der Waals surface area contributed by atoms with Crippen molar-refractivity contribution in [3.8, 4) is 11.1 Å². The van der Waals surface area contributed by atoms with Gasteiger partial charge in [0.15, 0.2) is 0 Å². The van der Waals surface area contributed by atoms with E-state index in [2.05, 4.69) is 10.3 Å². The van der Waals surface area contributed by atoms with Crippen LogP contribution in [0.4, 0.5) is 0 Å². The minimum Gasteiger partial charge on any atom is -0.350 e. The van der Waals surface area contributed by atoms with Crippen LogP contribution in [0, 0.1) is 11.8 Å². The van der Waals surface area contributed by atoms with E-state index in [1.807, 2.05) is 53.4 Å². The zero-order chi connectivity index (χ0) is 17.7. The fourth-order valence-electron chi connectivity index (χ4n) is 4.41. The Kier molecular flexibility index (Phi) is 3.76. The smallest absolute Gasteiger partial charge is 0.270 e. The fraction of sp³-hybridized carbons (Fsp3) is 0.286. The standard InChI is InChI=1S/C21H20ClN3O/c22-16-6-7-18-17(8-16)19(13-4-2-1-3-5-13)20(24-18)21(26)25-11-14-9-23-10-15(14)12-25/h1-8,14-15,23-24H,9-12H2/t14-,15+. The topological polar surface area (TPSA) is 48.1 Å². The average molecular weight is 366 g/mol. The molecule has 2 N–H and O–H groups in total. The Bertz CT molecular complexity index is 970. The minimum absolute atomic E-state index is 0.0885. The van der Waals surface area contributed by atoms with Crippen LogP contribution in [0.3, 0.4) is 0 Å². The molecule has 4 nitrogen and oxygen atoms in total. The number of aromatic nitrogens is 1. The van der Waals surface area contributed by atoms with Gasteiger partial charge in [-0.25, -0.2) is 0 Å². The van der Waals surface area contributed by atoms with E-state index >= 15 is 0 Å². The van der Waals surface area contributed by atoms with Gasteiger partial charge in [0, 0.05) is 47.7 Å². The molecule has 2 aliphatic rings. The summed E-state index contributed by atoms with van der Waals surface area (Å²) in [5.74, 6) is 1.25. The van der Waals surface area contributed by atoms with Crippen molar-refractivity contribution < 1.29 is 4.79 Å². The third kappa shape index (κ3) is 2.52. The van der Waals surface area contributed by atoms with Crippen LogP contribution in [0.25, 0.3) is 22.0 Å². The van der Waals surface area contributed by atoms with E-state index in [4.69, 9.17) is 11.6 Å². The number of aromatic amines is 1. The summed E-state index contributed by atoms with van der Waals surface area (Å²) >= 11 is 6.24. The highest BCUT2D eigenvalue weighted by Crippen LogP contribution is 2.36. The van der Waals surface area contributed by atoms with Crippen LogP contribution < -0.4 is 5.32 Å². The van der Waals surface area contributed by atoms with E-state index in [-0.39, 0.29) is 5.91 Å². The van der Waals surface area contributed by atoms with E-state index in [0.29, 0.717) is 22.6 Å². The number of H-pyrrole nitrogens is 1. The highest BCUT2D eigenvalue weighted by molar-refractivity contribution is 6.31. The Morgan fingerprint density at radius 3 is 2.50 bits per heavy atom. The van der Waals surface area contributed by atoms with Crippen molar-refractivity contribution in [2.75, 3.05) is 26.2 Å². The number of nitrogens with one attached hydrogen (secondary N) is 2. The summed E-state index contributed by atoms with van der Waals surface area (Å²) < 4.78 is 0.